The second-order valence-corrected chi connectivity index (χ2v) is 3.87. The molecule has 6 heteroatoms. The van der Waals surface area contributed by atoms with Gasteiger partial charge >= 0.3 is 11.8 Å². The summed E-state index contributed by atoms with van der Waals surface area (Å²) in [6.07, 6.45) is 0. The van der Waals surface area contributed by atoms with E-state index in [1.165, 1.54) is 11.3 Å². The van der Waals surface area contributed by atoms with Gasteiger partial charge < -0.3 is 10.6 Å². The van der Waals surface area contributed by atoms with Crippen LogP contribution in [0.2, 0.25) is 0 Å². The van der Waals surface area contributed by atoms with Crippen molar-refractivity contribution in [3.63, 3.8) is 0 Å². The van der Waals surface area contributed by atoms with E-state index in [9.17, 15) is 9.59 Å². The van der Waals surface area contributed by atoms with Crippen LogP contribution in [-0.4, -0.2) is 18.4 Å². The van der Waals surface area contributed by atoms with Crippen LogP contribution in [0.1, 0.15) is 18.5 Å². The number of nitriles is 1. The number of nitrogens with one attached hydrogen (secondary N) is 2. The Morgan fingerprint density at radius 2 is 2.31 bits per heavy atom. The minimum absolute atomic E-state index is 0.168. The van der Waals surface area contributed by atoms with E-state index in [-0.39, 0.29) is 12.6 Å². The van der Waals surface area contributed by atoms with E-state index < -0.39 is 11.8 Å². The van der Waals surface area contributed by atoms with Crippen molar-refractivity contribution in [2.45, 2.75) is 13.0 Å². The lowest BCUT2D eigenvalue weighted by Crippen LogP contribution is -2.40. The Kier molecular flexibility index (Phi) is 4.48. The van der Waals surface area contributed by atoms with Gasteiger partial charge in [-0.2, -0.15) is 16.6 Å². The quantitative estimate of drug-likeness (QED) is 0.595. The molecule has 1 heterocycles. The fourth-order valence-electron chi connectivity index (χ4n) is 1.07. The van der Waals surface area contributed by atoms with Crippen molar-refractivity contribution in [3.8, 4) is 6.07 Å². The zero-order valence-corrected chi connectivity index (χ0v) is 9.50. The van der Waals surface area contributed by atoms with Crippen LogP contribution in [0.25, 0.3) is 0 Å². The molecule has 0 radical (unpaired) electrons. The van der Waals surface area contributed by atoms with E-state index in [1.807, 2.05) is 16.8 Å². The van der Waals surface area contributed by atoms with Gasteiger partial charge in [0.2, 0.25) is 0 Å². The monoisotopic (exact) mass is 237 g/mol. The highest BCUT2D eigenvalue weighted by molar-refractivity contribution is 7.07. The molecule has 2 N–H and O–H groups in total. The summed E-state index contributed by atoms with van der Waals surface area (Å²) in [4.78, 5) is 22.5. The fourth-order valence-corrected chi connectivity index (χ4v) is 1.82. The number of hydrogen-bond acceptors (Lipinski definition) is 4. The maximum absolute atomic E-state index is 11.3. The maximum Gasteiger partial charge on any atom is 0.310 e. The molecule has 0 saturated carbocycles. The lowest BCUT2D eigenvalue weighted by molar-refractivity contribution is -0.139. The SMILES string of the molecule is CC(NC(=O)C(=O)NCC#N)c1ccsc1. The number of nitrogens with zero attached hydrogens (tertiary/aromatic N) is 1. The van der Waals surface area contributed by atoms with Crippen molar-refractivity contribution in [2.24, 2.45) is 0 Å². The maximum atomic E-state index is 11.3. The molecule has 0 aliphatic rings. The molecule has 1 atom stereocenters. The molecule has 0 saturated heterocycles. The summed E-state index contributed by atoms with van der Waals surface area (Å²) in [5.74, 6) is -1.52. The first-order valence-electron chi connectivity index (χ1n) is 4.63. The predicted octanol–water partition coefficient (Wildman–Crippen LogP) is 0.565. The van der Waals surface area contributed by atoms with Gasteiger partial charge in [-0.05, 0) is 29.3 Å². The first-order chi connectivity index (χ1) is 7.65. The van der Waals surface area contributed by atoms with E-state index in [1.54, 1.807) is 13.0 Å². The smallest absolute Gasteiger partial charge is 0.310 e. The van der Waals surface area contributed by atoms with E-state index in [0.29, 0.717) is 0 Å². The summed E-state index contributed by atoms with van der Waals surface area (Å²) in [5.41, 5.74) is 0.950. The minimum atomic E-state index is -0.788. The summed E-state index contributed by atoms with van der Waals surface area (Å²) in [5, 5.41) is 16.7. The van der Waals surface area contributed by atoms with E-state index in [0.717, 1.165) is 5.56 Å². The van der Waals surface area contributed by atoms with Crippen molar-refractivity contribution in [1.29, 1.82) is 5.26 Å². The van der Waals surface area contributed by atoms with Crippen LogP contribution in [0.3, 0.4) is 0 Å². The molecule has 0 aromatic carbocycles. The third kappa shape index (κ3) is 3.37. The average Bonchev–Trinajstić information content (AvgIpc) is 2.79. The van der Waals surface area contributed by atoms with Gasteiger partial charge in [0.25, 0.3) is 0 Å². The van der Waals surface area contributed by atoms with Gasteiger partial charge in [-0.25, -0.2) is 0 Å². The Morgan fingerprint density at radius 3 is 2.88 bits per heavy atom. The van der Waals surface area contributed by atoms with Gasteiger partial charge in [0, 0.05) is 0 Å². The van der Waals surface area contributed by atoms with Crippen LogP contribution < -0.4 is 10.6 Å². The predicted molar refractivity (Wildman–Crippen MR) is 59.5 cm³/mol. The zero-order chi connectivity index (χ0) is 12.0. The lowest BCUT2D eigenvalue weighted by atomic mass is 10.2. The molecule has 1 unspecified atom stereocenters. The molecule has 84 valence electrons. The van der Waals surface area contributed by atoms with E-state index >= 15 is 0 Å². The molecular weight excluding hydrogens is 226 g/mol. The number of amides is 2. The molecule has 16 heavy (non-hydrogen) atoms. The van der Waals surface area contributed by atoms with Crippen LogP contribution in [-0.2, 0) is 9.59 Å². The molecule has 0 fully saturated rings. The van der Waals surface area contributed by atoms with Gasteiger partial charge in [-0.1, -0.05) is 0 Å². The van der Waals surface area contributed by atoms with Crippen LogP contribution in [0.15, 0.2) is 16.8 Å². The number of hydrogen-bond donors (Lipinski definition) is 2. The molecule has 0 spiro atoms. The number of carbonyl (C=O) groups is 2. The molecule has 5 nitrogen and oxygen atoms in total. The second-order valence-electron chi connectivity index (χ2n) is 3.09. The molecule has 1 aromatic heterocycles. The highest BCUT2D eigenvalue weighted by atomic mass is 32.1. The summed E-state index contributed by atoms with van der Waals surface area (Å²) >= 11 is 1.52. The normalized spacial score (nSPS) is 11.2. The standard InChI is InChI=1S/C10H11N3O2S/c1-7(8-2-5-16-6-8)13-10(15)9(14)12-4-3-11/h2,5-7H,4H2,1H3,(H,12,14)(H,13,15). The van der Waals surface area contributed by atoms with Gasteiger partial charge in [0.05, 0.1) is 12.1 Å². The third-order valence-electron chi connectivity index (χ3n) is 1.93. The Labute approximate surface area is 97.1 Å². The topological polar surface area (TPSA) is 82.0 Å². The number of carbonyl (C=O) groups excluding carboxylic acids is 2. The molecule has 0 bridgehead atoms. The summed E-state index contributed by atoms with van der Waals surface area (Å²) in [6.45, 7) is 1.62. The molecule has 0 aliphatic carbocycles. The molecule has 0 aliphatic heterocycles. The first kappa shape index (κ1) is 12.2. The number of thiophene rings is 1. The fraction of sp³-hybridized carbons (Fsp3) is 0.300. The van der Waals surface area contributed by atoms with Gasteiger partial charge in [-0.3, -0.25) is 9.59 Å². The van der Waals surface area contributed by atoms with Crippen molar-refractivity contribution in [1.82, 2.24) is 10.6 Å². The van der Waals surface area contributed by atoms with Crippen molar-refractivity contribution in [3.05, 3.63) is 22.4 Å². The van der Waals surface area contributed by atoms with Crippen LogP contribution >= 0.6 is 11.3 Å². The summed E-state index contributed by atoms with van der Waals surface area (Å²) < 4.78 is 0. The Morgan fingerprint density at radius 1 is 1.56 bits per heavy atom. The van der Waals surface area contributed by atoms with Crippen LogP contribution in [0.4, 0.5) is 0 Å². The summed E-state index contributed by atoms with van der Waals surface area (Å²) in [7, 11) is 0. The molecule has 1 rings (SSSR count). The van der Waals surface area contributed by atoms with Crippen molar-refractivity contribution < 1.29 is 9.59 Å². The highest BCUT2D eigenvalue weighted by Gasteiger charge is 2.16. The Bertz CT molecular complexity index is 408. The highest BCUT2D eigenvalue weighted by Crippen LogP contribution is 2.15. The largest absolute Gasteiger partial charge is 0.341 e. The molecular formula is C10H11N3O2S. The first-order valence-corrected chi connectivity index (χ1v) is 5.57. The zero-order valence-electron chi connectivity index (χ0n) is 8.69. The van der Waals surface area contributed by atoms with Crippen molar-refractivity contribution in [2.75, 3.05) is 6.54 Å². The van der Waals surface area contributed by atoms with Crippen molar-refractivity contribution >= 4 is 23.2 Å². The van der Waals surface area contributed by atoms with Gasteiger partial charge in [-0.15, -0.1) is 0 Å². The van der Waals surface area contributed by atoms with E-state index in [4.69, 9.17) is 5.26 Å². The van der Waals surface area contributed by atoms with Crippen LogP contribution in [0, 0.1) is 11.3 Å². The Hall–Kier alpha value is -1.87. The van der Waals surface area contributed by atoms with E-state index in [2.05, 4.69) is 10.6 Å². The minimum Gasteiger partial charge on any atom is -0.341 e. The molecule has 1 aromatic rings. The molecule has 2 amide bonds. The third-order valence-corrected chi connectivity index (χ3v) is 2.63. The van der Waals surface area contributed by atoms with Crippen LogP contribution in [0.5, 0.6) is 0 Å². The average molecular weight is 237 g/mol. The second kappa shape index (κ2) is 5.88. The Balaban J connectivity index is 2.46. The van der Waals surface area contributed by atoms with Gasteiger partial charge in [0.1, 0.15) is 6.54 Å². The van der Waals surface area contributed by atoms with Gasteiger partial charge in [0.15, 0.2) is 0 Å². The number of rotatable bonds is 3. The summed E-state index contributed by atoms with van der Waals surface area (Å²) in [6, 6.07) is 3.39. The lowest BCUT2D eigenvalue weighted by Gasteiger charge is -2.11.